The van der Waals surface area contributed by atoms with E-state index >= 15 is 0 Å². The summed E-state index contributed by atoms with van der Waals surface area (Å²) >= 11 is 6.57. The summed E-state index contributed by atoms with van der Waals surface area (Å²) in [5, 5.41) is 0. The minimum atomic E-state index is -0.0793. The Morgan fingerprint density at radius 3 is 2.57 bits per heavy atom. The van der Waals surface area contributed by atoms with Crippen LogP contribution in [0.25, 0.3) is 0 Å². The molecule has 0 aliphatic heterocycles. The fraction of sp³-hybridized carbons (Fsp3) is 0.200. The number of pyridine rings is 1. The molecule has 0 radical (unpaired) electrons. The van der Waals surface area contributed by atoms with Gasteiger partial charge in [0.25, 0.3) is 0 Å². The maximum Gasteiger partial charge on any atom is 0.205 e. The van der Waals surface area contributed by atoms with E-state index in [4.69, 9.17) is 0 Å². The minimum absolute atomic E-state index is 0.0793. The summed E-state index contributed by atoms with van der Waals surface area (Å²) in [6, 6.07) is 1.80. The normalized spacial score (nSPS) is 9.71. The van der Waals surface area contributed by atoms with Crippen molar-refractivity contribution in [2.75, 3.05) is 0 Å². The van der Waals surface area contributed by atoms with E-state index in [1.165, 1.54) is 0 Å². The van der Waals surface area contributed by atoms with Gasteiger partial charge in [-0.15, -0.1) is 0 Å². The van der Waals surface area contributed by atoms with Gasteiger partial charge in [-0.25, -0.2) is 0 Å². The highest BCUT2D eigenvalue weighted by Crippen LogP contribution is 2.20. The van der Waals surface area contributed by atoms with E-state index in [9.17, 15) is 4.79 Å². The molecule has 0 aromatic carbocycles. The Labute approximate surface area is 99.7 Å². The first-order valence-electron chi connectivity index (χ1n) is 4.01. The molecule has 2 nitrogen and oxygen atoms in total. The van der Waals surface area contributed by atoms with Crippen LogP contribution < -0.4 is 0 Å². The molecule has 0 N–H and O–H groups in total. The highest BCUT2D eigenvalue weighted by atomic mass is 79.9. The first-order chi connectivity index (χ1) is 6.50. The molecule has 1 aromatic heterocycles. The lowest BCUT2D eigenvalue weighted by Gasteiger charge is -1.99. The van der Waals surface area contributed by atoms with Gasteiger partial charge in [-0.1, -0.05) is 5.57 Å². The van der Waals surface area contributed by atoms with E-state index in [1.54, 1.807) is 18.3 Å². The van der Waals surface area contributed by atoms with Crippen molar-refractivity contribution in [2.45, 2.75) is 13.8 Å². The Morgan fingerprint density at radius 1 is 1.43 bits per heavy atom. The van der Waals surface area contributed by atoms with Crippen molar-refractivity contribution < 1.29 is 4.79 Å². The first-order valence-corrected chi connectivity index (χ1v) is 5.59. The summed E-state index contributed by atoms with van der Waals surface area (Å²) in [4.78, 5) is 15.6. The SMILES string of the molecule is CC(C)=CC(=O)c1ncc(Br)cc1Br. The lowest BCUT2D eigenvalue weighted by atomic mass is 10.2. The van der Waals surface area contributed by atoms with Crippen LogP contribution in [0, 0.1) is 0 Å². The number of halogens is 2. The van der Waals surface area contributed by atoms with E-state index in [1.807, 2.05) is 13.8 Å². The Kier molecular flexibility index (Phi) is 4.01. The molecule has 4 heteroatoms. The molecule has 0 amide bonds. The summed E-state index contributed by atoms with van der Waals surface area (Å²) in [5.41, 5.74) is 1.40. The summed E-state index contributed by atoms with van der Waals surface area (Å²) in [7, 11) is 0. The second-order valence-electron chi connectivity index (χ2n) is 3.07. The lowest BCUT2D eigenvalue weighted by Crippen LogP contribution is -2.00. The number of rotatable bonds is 2. The van der Waals surface area contributed by atoms with Gasteiger partial charge in [0, 0.05) is 15.1 Å². The molecule has 0 saturated heterocycles. The lowest BCUT2D eigenvalue weighted by molar-refractivity contribution is 0.104. The molecule has 0 aliphatic rings. The van der Waals surface area contributed by atoms with Crippen molar-refractivity contribution >= 4 is 37.6 Å². The highest BCUT2D eigenvalue weighted by Gasteiger charge is 2.09. The maximum atomic E-state index is 11.6. The number of carbonyl (C=O) groups excluding carboxylic acids is 1. The molecule has 74 valence electrons. The summed E-state index contributed by atoms with van der Waals surface area (Å²) in [5.74, 6) is -0.0793. The number of hydrogen-bond acceptors (Lipinski definition) is 2. The zero-order chi connectivity index (χ0) is 10.7. The molecule has 1 heterocycles. The summed E-state index contributed by atoms with van der Waals surface area (Å²) < 4.78 is 1.55. The van der Waals surface area contributed by atoms with Gasteiger partial charge in [-0.2, -0.15) is 0 Å². The highest BCUT2D eigenvalue weighted by molar-refractivity contribution is 9.11. The van der Waals surface area contributed by atoms with Crippen molar-refractivity contribution in [2.24, 2.45) is 0 Å². The summed E-state index contributed by atoms with van der Waals surface area (Å²) in [6.07, 6.45) is 3.18. The third-order valence-electron chi connectivity index (χ3n) is 1.46. The molecular formula is C10H9Br2NO. The number of hydrogen-bond donors (Lipinski definition) is 0. The van der Waals surface area contributed by atoms with Gasteiger partial charge in [-0.3, -0.25) is 9.78 Å². The van der Waals surface area contributed by atoms with Gasteiger partial charge in [-0.05, 0) is 57.8 Å². The van der Waals surface area contributed by atoms with Crippen LogP contribution in [0.2, 0.25) is 0 Å². The van der Waals surface area contributed by atoms with Gasteiger partial charge in [0.1, 0.15) is 5.69 Å². The molecule has 0 spiro atoms. The predicted octanol–water partition coefficient (Wildman–Crippen LogP) is 3.76. The number of carbonyl (C=O) groups is 1. The Balaban J connectivity index is 3.08. The topological polar surface area (TPSA) is 30.0 Å². The van der Waals surface area contributed by atoms with Crippen molar-refractivity contribution in [1.82, 2.24) is 4.98 Å². The van der Waals surface area contributed by atoms with Crippen molar-refractivity contribution in [1.29, 1.82) is 0 Å². The van der Waals surface area contributed by atoms with E-state index in [0.717, 1.165) is 10.0 Å². The fourth-order valence-electron chi connectivity index (χ4n) is 0.926. The molecule has 0 aliphatic carbocycles. The van der Waals surface area contributed by atoms with Crippen LogP contribution in [0.15, 0.2) is 32.9 Å². The monoisotopic (exact) mass is 317 g/mol. The molecular weight excluding hydrogens is 310 g/mol. The minimum Gasteiger partial charge on any atom is -0.287 e. The van der Waals surface area contributed by atoms with Gasteiger partial charge in [0.05, 0.1) is 0 Å². The van der Waals surface area contributed by atoms with Crippen molar-refractivity contribution in [3.05, 3.63) is 38.6 Å². The van der Waals surface area contributed by atoms with Crippen LogP contribution in [0.4, 0.5) is 0 Å². The largest absolute Gasteiger partial charge is 0.287 e. The van der Waals surface area contributed by atoms with Gasteiger partial charge in [0.2, 0.25) is 5.78 Å². The van der Waals surface area contributed by atoms with Crippen LogP contribution in [-0.2, 0) is 0 Å². The van der Waals surface area contributed by atoms with E-state index < -0.39 is 0 Å². The fourth-order valence-corrected chi connectivity index (χ4v) is 2.11. The zero-order valence-corrected chi connectivity index (χ0v) is 11.0. The molecule has 0 atom stereocenters. The van der Waals surface area contributed by atoms with Crippen molar-refractivity contribution in [3.8, 4) is 0 Å². The molecule has 0 bridgehead atoms. The Hall–Kier alpha value is -0.480. The van der Waals surface area contributed by atoms with E-state index in [2.05, 4.69) is 36.8 Å². The molecule has 1 rings (SSSR count). The van der Waals surface area contributed by atoms with Gasteiger partial charge >= 0.3 is 0 Å². The third-order valence-corrected chi connectivity index (χ3v) is 2.50. The smallest absolute Gasteiger partial charge is 0.205 e. The number of nitrogens with zero attached hydrogens (tertiary/aromatic N) is 1. The van der Waals surface area contributed by atoms with E-state index in [-0.39, 0.29) is 5.78 Å². The quantitative estimate of drug-likeness (QED) is 0.614. The van der Waals surface area contributed by atoms with Gasteiger partial charge in [0.15, 0.2) is 0 Å². The molecule has 14 heavy (non-hydrogen) atoms. The van der Waals surface area contributed by atoms with E-state index in [0.29, 0.717) is 10.2 Å². The molecule has 0 saturated carbocycles. The second kappa shape index (κ2) is 4.84. The molecule has 0 unspecified atom stereocenters. The summed E-state index contributed by atoms with van der Waals surface area (Å²) in [6.45, 7) is 3.76. The van der Waals surface area contributed by atoms with Gasteiger partial charge < -0.3 is 0 Å². The predicted molar refractivity (Wildman–Crippen MR) is 63.4 cm³/mol. The first kappa shape index (κ1) is 11.6. The average Bonchev–Trinajstić information content (AvgIpc) is 2.01. The molecule has 0 fully saturated rings. The third kappa shape index (κ3) is 3.03. The Bertz CT molecular complexity index is 395. The standard InChI is InChI=1S/C10H9Br2NO/c1-6(2)3-9(14)10-8(12)4-7(11)5-13-10/h3-5H,1-2H3. The van der Waals surface area contributed by atoms with Crippen LogP contribution in [-0.4, -0.2) is 10.8 Å². The Morgan fingerprint density at radius 2 is 2.07 bits per heavy atom. The molecule has 1 aromatic rings. The average molecular weight is 319 g/mol. The van der Waals surface area contributed by atoms with Crippen LogP contribution in [0.1, 0.15) is 24.3 Å². The van der Waals surface area contributed by atoms with Crippen molar-refractivity contribution in [3.63, 3.8) is 0 Å². The number of aromatic nitrogens is 1. The second-order valence-corrected chi connectivity index (χ2v) is 4.84. The maximum absolute atomic E-state index is 11.6. The number of allylic oxidation sites excluding steroid dienone is 2. The van der Waals surface area contributed by atoms with Crippen LogP contribution in [0.3, 0.4) is 0 Å². The number of ketones is 1. The zero-order valence-electron chi connectivity index (χ0n) is 7.84. The van der Waals surface area contributed by atoms with Crippen LogP contribution in [0.5, 0.6) is 0 Å². The van der Waals surface area contributed by atoms with Crippen LogP contribution >= 0.6 is 31.9 Å².